The minimum Gasteiger partial charge on any atom is -0.493 e. The Morgan fingerprint density at radius 2 is 1.67 bits per heavy atom. The molecule has 3 aromatic rings. The molecule has 0 aliphatic rings. The van der Waals surface area contributed by atoms with E-state index in [1.165, 1.54) is 25.1 Å². The van der Waals surface area contributed by atoms with Gasteiger partial charge in [0.05, 0.1) is 26.1 Å². The Balaban J connectivity index is 1.93. The Morgan fingerprint density at radius 3 is 2.27 bits per heavy atom. The molecule has 2 aromatic carbocycles. The first-order valence-electron chi connectivity index (χ1n) is 8.72. The molecule has 3 rings (SSSR count). The summed E-state index contributed by atoms with van der Waals surface area (Å²) in [6.07, 6.45) is -3.04. The second-order valence-electron chi connectivity index (χ2n) is 6.28. The first kappa shape index (κ1) is 21.0. The standard InChI is InChI=1S/C22H17F3N2O3/c1-27-13-26-17(10-4-14-5-11-18(29-2)19(12-14)30-3)20(27)21(28)15-6-8-16(9-7-15)22(23,24)25/h5-9,11-13H,1-3H3. The van der Waals surface area contributed by atoms with Crippen LogP contribution in [0.25, 0.3) is 0 Å². The van der Waals surface area contributed by atoms with Crippen molar-refractivity contribution >= 4 is 5.78 Å². The number of hydrogen-bond acceptors (Lipinski definition) is 4. The monoisotopic (exact) mass is 414 g/mol. The average molecular weight is 414 g/mol. The van der Waals surface area contributed by atoms with Gasteiger partial charge in [-0.3, -0.25) is 4.79 Å². The first-order valence-corrected chi connectivity index (χ1v) is 8.72. The minimum atomic E-state index is -4.47. The molecule has 1 heterocycles. The second-order valence-corrected chi connectivity index (χ2v) is 6.28. The smallest absolute Gasteiger partial charge is 0.416 e. The molecule has 5 nitrogen and oxygen atoms in total. The molecule has 1 aromatic heterocycles. The van der Waals surface area contributed by atoms with E-state index < -0.39 is 17.5 Å². The number of hydrogen-bond donors (Lipinski definition) is 0. The fraction of sp³-hybridized carbons (Fsp3) is 0.182. The lowest BCUT2D eigenvalue weighted by Crippen LogP contribution is -2.10. The van der Waals surface area contributed by atoms with Crippen molar-refractivity contribution < 1.29 is 27.4 Å². The van der Waals surface area contributed by atoms with Gasteiger partial charge in [0.15, 0.2) is 11.5 Å². The van der Waals surface area contributed by atoms with Crippen molar-refractivity contribution in [2.45, 2.75) is 6.18 Å². The number of aromatic nitrogens is 2. The molecule has 0 saturated heterocycles. The third-order valence-corrected chi connectivity index (χ3v) is 4.34. The van der Waals surface area contributed by atoms with Crippen LogP contribution >= 0.6 is 0 Å². The van der Waals surface area contributed by atoms with E-state index >= 15 is 0 Å². The lowest BCUT2D eigenvalue weighted by atomic mass is 10.0. The molecule has 0 bridgehead atoms. The lowest BCUT2D eigenvalue weighted by molar-refractivity contribution is -0.137. The Kier molecular flexibility index (Phi) is 5.83. The van der Waals surface area contributed by atoms with Crippen molar-refractivity contribution in [3.05, 3.63) is 76.9 Å². The number of carbonyl (C=O) groups is 1. The summed E-state index contributed by atoms with van der Waals surface area (Å²) in [6, 6.07) is 9.15. The van der Waals surface area contributed by atoms with E-state index in [4.69, 9.17) is 9.47 Å². The average Bonchev–Trinajstić information content (AvgIpc) is 3.11. The fourth-order valence-corrected chi connectivity index (χ4v) is 2.78. The van der Waals surface area contributed by atoms with Gasteiger partial charge in [-0.15, -0.1) is 0 Å². The molecule has 0 atom stereocenters. The number of halogens is 3. The highest BCUT2D eigenvalue weighted by molar-refractivity contribution is 6.09. The molecule has 0 unspecified atom stereocenters. The van der Waals surface area contributed by atoms with Gasteiger partial charge in [-0.1, -0.05) is 18.1 Å². The summed E-state index contributed by atoms with van der Waals surface area (Å²) in [7, 11) is 4.65. The molecule has 0 spiro atoms. The molecule has 0 N–H and O–H groups in total. The van der Waals surface area contributed by atoms with Gasteiger partial charge in [0.1, 0.15) is 11.4 Å². The number of carbonyl (C=O) groups excluding carboxylic acids is 1. The van der Waals surface area contributed by atoms with Crippen molar-refractivity contribution in [3.63, 3.8) is 0 Å². The predicted molar refractivity (Wildman–Crippen MR) is 104 cm³/mol. The number of ketones is 1. The zero-order chi connectivity index (χ0) is 21.9. The summed E-state index contributed by atoms with van der Waals surface area (Å²) in [6.45, 7) is 0. The zero-order valence-corrected chi connectivity index (χ0v) is 16.4. The van der Waals surface area contributed by atoms with Gasteiger partial charge < -0.3 is 14.0 Å². The number of methoxy groups -OCH3 is 2. The van der Waals surface area contributed by atoms with Crippen LogP contribution in [0.15, 0.2) is 48.8 Å². The molecular weight excluding hydrogens is 397 g/mol. The number of nitrogens with zero attached hydrogens (tertiary/aromatic N) is 2. The van der Waals surface area contributed by atoms with Crippen molar-refractivity contribution in [1.29, 1.82) is 0 Å². The number of ether oxygens (including phenoxy) is 2. The maximum absolute atomic E-state index is 12.9. The van der Waals surface area contributed by atoms with Gasteiger partial charge in [-0.05, 0) is 36.3 Å². The van der Waals surface area contributed by atoms with Gasteiger partial charge in [-0.2, -0.15) is 13.2 Å². The van der Waals surface area contributed by atoms with Crippen LogP contribution in [0.3, 0.4) is 0 Å². The molecule has 0 radical (unpaired) electrons. The summed E-state index contributed by atoms with van der Waals surface area (Å²) in [4.78, 5) is 17.0. The van der Waals surface area contributed by atoms with E-state index in [-0.39, 0.29) is 17.0 Å². The van der Waals surface area contributed by atoms with E-state index in [1.807, 2.05) is 0 Å². The molecule has 30 heavy (non-hydrogen) atoms. The number of benzene rings is 2. The maximum atomic E-state index is 12.9. The van der Waals surface area contributed by atoms with Crippen LogP contribution in [-0.4, -0.2) is 29.6 Å². The van der Waals surface area contributed by atoms with Crippen LogP contribution in [0.1, 0.15) is 32.9 Å². The number of imidazole rings is 1. The predicted octanol–water partition coefficient (Wildman–Crippen LogP) is 4.09. The van der Waals surface area contributed by atoms with Crippen LogP contribution in [-0.2, 0) is 13.2 Å². The van der Waals surface area contributed by atoms with Crippen molar-refractivity contribution in [2.75, 3.05) is 14.2 Å². The normalized spacial score (nSPS) is 10.9. The van der Waals surface area contributed by atoms with E-state index in [0.717, 1.165) is 24.3 Å². The highest BCUT2D eigenvalue weighted by Gasteiger charge is 2.30. The van der Waals surface area contributed by atoms with Gasteiger partial charge in [0, 0.05) is 18.2 Å². The maximum Gasteiger partial charge on any atom is 0.416 e. The van der Waals surface area contributed by atoms with E-state index in [1.54, 1.807) is 25.2 Å². The van der Waals surface area contributed by atoms with E-state index in [9.17, 15) is 18.0 Å². The van der Waals surface area contributed by atoms with E-state index in [2.05, 4.69) is 16.8 Å². The summed E-state index contributed by atoms with van der Waals surface area (Å²) in [5.74, 6) is 6.35. The van der Waals surface area contributed by atoms with E-state index in [0.29, 0.717) is 17.1 Å². The second kappa shape index (κ2) is 8.33. The zero-order valence-electron chi connectivity index (χ0n) is 16.4. The minimum absolute atomic E-state index is 0.112. The summed E-state index contributed by atoms with van der Waals surface area (Å²) >= 11 is 0. The summed E-state index contributed by atoms with van der Waals surface area (Å²) in [5, 5.41) is 0. The Morgan fingerprint density at radius 1 is 1.00 bits per heavy atom. The van der Waals surface area contributed by atoms with Crippen molar-refractivity contribution in [2.24, 2.45) is 7.05 Å². The molecule has 0 fully saturated rings. The third kappa shape index (κ3) is 4.30. The molecule has 0 aliphatic carbocycles. The molecule has 154 valence electrons. The Labute approximate surface area is 171 Å². The highest BCUT2D eigenvalue weighted by Crippen LogP contribution is 2.30. The lowest BCUT2D eigenvalue weighted by Gasteiger charge is -2.08. The van der Waals surface area contributed by atoms with Crippen molar-refractivity contribution in [3.8, 4) is 23.3 Å². The Hall–Kier alpha value is -3.73. The molecule has 8 heteroatoms. The largest absolute Gasteiger partial charge is 0.493 e. The molecular formula is C22H17F3N2O3. The summed E-state index contributed by atoms with van der Waals surface area (Å²) < 4.78 is 50.2. The van der Waals surface area contributed by atoms with Gasteiger partial charge in [-0.25, -0.2) is 4.98 Å². The number of alkyl halides is 3. The van der Waals surface area contributed by atoms with Crippen LogP contribution in [0.4, 0.5) is 13.2 Å². The SMILES string of the molecule is COc1ccc(C#Cc2ncn(C)c2C(=O)c2ccc(C(F)(F)F)cc2)cc1OC. The van der Waals surface area contributed by atoms with Gasteiger partial charge >= 0.3 is 6.18 Å². The van der Waals surface area contributed by atoms with Crippen LogP contribution in [0.2, 0.25) is 0 Å². The molecule has 0 amide bonds. The van der Waals surface area contributed by atoms with Crippen LogP contribution in [0.5, 0.6) is 11.5 Å². The fourth-order valence-electron chi connectivity index (χ4n) is 2.78. The first-order chi connectivity index (χ1) is 14.2. The molecule has 0 saturated carbocycles. The quantitative estimate of drug-likeness (QED) is 0.477. The number of aryl methyl sites for hydroxylation is 1. The summed E-state index contributed by atoms with van der Waals surface area (Å²) in [5.41, 5.74) is 0.310. The third-order valence-electron chi connectivity index (χ3n) is 4.34. The van der Waals surface area contributed by atoms with Crippen molar-refractivity contribution in [1.82, 2.24) is 9.55 Å². The Bertz CT molecular complexity index is 1140. The number of rotatable bonds is 4. The molecule has 0 aliphatic heterocycles. The topological polar surface area (TPSA) is 53.4 Å². The van der Waals surface area contributed by atoms with Gasteiger partial charge in [0.2, 0.25) is 5.78 Å². The van der Waals surface area contributed by atoms with Gasteiger partial charge in [0.25, 0.3) is 0 Å². The van der Waals surface area contributed by atoms with Crippen LogP contribution < -0.4 is 9.47 Å². The van der Waals surface area contributed by atoms with Crippen LogP contribution in [0, 0.1) is 11.8 Å². The highest BCUT2D eigenvalue weighted by atomic mass is 19.4.